The molecule has 3 saturated heterocycles. The molecule has 7 heteroatoms. The second-order valence-electron chi connectivity index (χ2n) is 6.94. The molecule has 3 aliphatic rings. The van der Waals surface area contributed by atoms with Gasteiger partial charge in [0.25, 0.3) is 0 Å². The maximum atomic E-state index is 12.6. The predicted octanol–water partition coefficient (Wildman–Crippen LogP) is -0.593. The van der Waals surface area contributed by atoms with Crippen molar-refractivity contribution in [2.24, 2.45) is 11.7 Å². The van der Waals surface area contributed by atoms with Crippen molar-refractivity contribution in [3.05, 3.63) is 0 Å². The summed E-state index contributed by atoms with van der Waals surface area (Å²) in [4.78, 5) is 41.9. The highest BCUT2D eigenvalue weighted by Gasteiger charge is 2.38. The molecule has 0 aromatic carbocycles. The number of carbonyl (C=O) groups is 3. The maximum absolute atomic E-state index is 12.6. The van der Waals surface area contributed by atoms with Gasteiger partial charge in [0, 0.05) is 32.2 Å². The predicted molar refractivity (Wildman–Crippen MR) is 84.3 cm³/mol. The fourth-order valence-electron chi connectivity index (χ4n) is 3.99. The maximum Gasteiger partial charge on any atom is 0.312 e. The number of primary amides is 1. The van der Waals surface area contributed by atoms with E-state index in [-0.39, 0.29) is 24.4 Å². The van der Waals surface area contributed by atoms with E-state index in [2.05, 4.69) is 4.90 Å². The molecule has 0 aliphatic carbocycles. The molecule has 0 bridgehead atoms. The third-order valence-electron chi connectivity index (χ3n) is 5.37. The minimum Gasteiger partial charge on any atom is -0.369 e. The number of nitrogens with zero attached hydrogens (tertiary/aromatic N) is 3. The van der Waals surface area contributed by atoms with Crippen LogP contribution in [0, 0.1) is 5.92 Å². The Morgan fingerprint density at radius 1 is 0.913 bits per heavy atom. The summed E-state index contributed by atoms with van der Waals surface area (Å²) in [6, 6.07) is 0.152. The van der Waals surface area contributed by atoms with Gasteiger partial charge in [-0.2, -0.15) is 0 Å². The van der Waals surface area contributed by atoms with E-state index in [1.807, 2.05) is 0 Å². The molecule has 0 radical (unpaired) electrons. The topological polar surface area (TPSA) is 86.9 Å². The van der Waals surface area contributed by atoms with Crippen LogP contribution in [-0.2, 0) is 14.4 Å². The van der Waals surface area contributed by atoms with Crippen LogP contribution in [-0.4, -0.2) is 77.7 Å². The molecule has 2 atom stereocenters. The van der Waals surface area contributed by atoms with Crippen LogP contribution in [0.5, 0.6) is 0 Å². The van der Waals surface area contributed by atoms with Gasteiger partial charge in [0.05, 0.1) is 5.92 Å². The third-order valence-corrected chi connectivity index (χ3v) is 5.37. The molecule has 3 rings (SSSR count). The highest BCUT2D eigenvalue weighted by Crippen LogP contribution is 2.22. The summed E-state index contributed by atoms with van der Waals surface area (Å²) < 4.78 is 0. The van der Waals surface area contributed by atoms with Crippen molar-refractivity contribution in [3.63, 3.8) is 0 Å². The minimum absolute atomic E-state index is 0.152. The Balaban J connectivity index is 1.57. The van der Waals surface area contributed by atoms with Crippen molar-refractivity contribution in [2.75, 3.05) is 39.3 Å². The van der Waals surface area contributed by atoms with Crippen molar-refractivity contribution in [2.45, 2.75) is 38.1 Å². The van der Waals surface area contributed by atoms with Gasteiger partial charge < -0.3 is 20.4 Å². The number of amides is 3. The van der Waals surface area contributed by atoms with Crippen LogP contribution in [0.4, 0.5) is 0 Å². The first-order valence-electron chi connectivity index (χ1n) is 8.68. The van der Waals surface area contributed by atoms with Gasteiger partial charge in [0.15, 0.2) is 0 Å². The van der Waals surface area contributed by atoms with Crippen molar-refractivity contribution in [1.29, 1.82) is 0 Å². The molecule has 3 fully saturated rings. The van der Waals surface area contributed by atoms with Crippen LogP contribution in [0.3, 0.4) is 0 Å². The van der Waals surface area contributed by atoms with Crippen LogP contribution >= 0.6 is 0 Å². The first kappa shape index (κ1) is 16.2. The van der Waals surface area contributed by atoms with Gasteiger partial charge in [0.1, 0.15) is 0 Å². The fourth-order valence-corrected chi connectivity index (χ4v) is 3.99. The lowest BCUT2D eigenvalue weighted by Crippen LogP contribution is -2.49. The van der Waals surface area contributed by atoms with Crippen molar-refractivity contribution >= 4 is 17.7 Å². The monoisotopic (exact) mass is 322 g/mol. The average Bonchev–Trinajstić information content (AvgIpc) is 3.27. The minimum atomic E-state index is -0.470. The molecular weight excluding hydrogens is 296 g/mol. The Bertz CT molecular complexity index is 490. The molecule has 0 saturated carbocycles. The summed E-state index contributed by atoms with van der Waals surface area (Å²) in [5, 5.41) is 0. The van der Waals surface area contributed by atoms with E-state index in [9.17, 15) is 14.4 Å². The number of hydrogen-bond donors (Lipinski definition) is 1. The molecule has 128 valence electrons. The van der Waals surface area contributed by atoms with Gasteiger partial charge in [-0.3, -0.25) is 14.4 Å². The largest absolute Gasteiger partial charge is 0.369 e. The van der Waals surface area contributed by atoms with Crippen molar-refractivity contribution < 1.29 is 14.4 Å². The summed E-state index contributed by atoms with van der Waals surface area (Å²) in [6.07, 6.45) is 4.94. The Morgan fingerprint density at radius 2 is 1.65 bits per heavy atom. The normalized spacial score (nSPS) is 28.5. The molecule has 3 heterocycles. The van der Waals surface area contributed by atoms with E-state index in [4.69, 9.17) is 5.73 Å². The average molecular weight is 322 g/mol. The molecule has 23 heavy (non-hydrogen) atoms. The zero-order valence-electron chi connectivity index (χ0n) is 13.6. The zero-order valence-corrected chi connectivity index (χ0v) is 13.6. The molecule has 3 amide bonds. The SMILES string of the molecule is NC(=O)[C@H]1CCN(C(=O)C(=O)N2CCC[C@H]2CN2CCCC2)C1. The van der Waals surface area contributed by atoms with Gasteiger partial charge in [0.2, 0.25) is 5.91 Å². The molecule has 2 N–H and O–H groups in total. The van der Waals surface area contributed by atoms with E-state index >= 15 is 0 Å². The summed E-state index contributed by atoms with van der Waals surface area (Å²) >= 11 is 0. The van der Waals surface area contributed by atoms with E-state index in [0.717, 1.165) is 32.5 Å². The lowest BCUT2D eigenvalue weighted by molar-refractivity contribution is -0.152. The molecule has 0 spiro atoms. The first-order chi connectivity index (χ1) is 11.1. The highest BCUT2D eigenvalue weighted by atomic mass is 16.2. The smallest absolute Gasteiger partial charge is 0.312 e. The molecule has 0 aromatic rings. The van der Waals surface area contributed by atoms with E-state index in [1.165, 1.54) is 17.7 Å². The van der Waals surface area contributed by atoms with Crippen molar-refractivity contribution in [1.82, 2.24) is 14.7 Å². The van der Waals surface area contributed by atoms with Crippen LogP contribution in [0.15, 0.2) is 0 Å². The summed E-state index contributed by atoms with van der Waals surface area (Å²) in [5.41, 5.74) is 5.29. The third kappa shape index (κ3) is 3.49. The number of nitrogens with two attached hydrogens (primary N) is 1. The van der Waals surface area contributed by atoms with Crippen molar-refractivity contribution in [3.8, 4) is 0 Å². The Kier molecular flexibility index (Phi) is 4.84. The van der Waals surface area contributed by atoms with Gasteiger partial charge >= 0.3 is 11.8 Å². The van der Waals surface area contributed by atoms with E-state index in [1.54, 1.807) is 4.90 Å². The Labute approximate surface area is 136 Å². The highest BCUT2D eigenvalue weighted by molar-refractivity contribution is 6.35. The van der Waals surface area contributed by atoms with Gasteiger partial charge in [-0.05, 0) is 45.2 Å². The second kappa shape index (κ2) is 6.86. The standard InChI is InChI=1S/C16H26N4O3/c17-14(21)12-5-9-19(10-12)15(22)16(23)20-8-3-4-13(20)11-18-6-1-2-7-18/h12-13H,1-11H2,(H2,17,21)/t12-,13-/m0/s1. The molecule has 3 aliphatic heterocycles. The van der Waals surface area contributed by atoms with Crippen LogP contribution in [0.25, 0.3) is 0 Å². The summed E-state index contributed by atoms with van der Waals surface area (Å²) in [5.74, 6) is -1.58. The van der Waals surface area contributed by atoms with Gasteiger partial charge in [-0.25, -0.2) is 0 Å². The number of carbonyl (C=O) groups excluding carboxylic acids is 3. The first-order valence-corrected chi connectivity index (χ1v) is 8.68. The van der Waals surface area contributed by atoms with Crippen LogP contribution in [0.1, 0.15) is 32.1 Å². The quantitative estimate of drug-likeness (QED) is 0.704. The molecule has 7 nitrogen and oxygen atoms in total. The van der Waals surface area contributed by atoms with Gasteiger partial charge in [-0.1, -0.05) is 0 Å². The summed E-state index contributed by atoms with van der Waals surface area (Å²) in [6.45, 7) is 4.46. The molecule has 0 unspecified atom stereocenters. The lowest BCUT2D eigenvalue weighted by Gasteiger charge is -2.29. The fraction of sp³-hybridized carbons (Fsp3) is 0.812. The molecular formula is C16H26N4O3. The number of rotatable bonds is 3. The van der Waals surface area contributed by atoms with Gasteiger partial charge in [-0.15, -0.1) is 0 Å². The summed E-state index contributed by atoms with van der Waals surface area (Å²) in [7, 11) is 0. The van der Waals surface area contributed by atoms with Crippen LogP contribution < -0.4 is 5.73 Å². The lowest BCUT2D eigenvalue weighted by atomic mass is 10.1. The number of likely N-dealkylation sites (tertiary alicyclic amines) is 3. The van der Waals surface area contributed by atoms with Crippen LogP contribution in [0.2, 0.25) is 0 Å². The Morgan fingerprint density at radius 3 is 2.30 bits per heavy atom. The zero-order chi connectivity index (χ0) is 16.4. The Hall–Kier alpha value is -1.63. The van der Waals surface area contributed by atoms with E-state index < -0.39 is 11.8 Å². The number of hydrogen-bond acceptors (Lipinski definition) is 4. The molecule has 0 aromatic heterocycles. The van der Waals surface area contributed by atoms with E-state index in [0.29, 0.717) is 19.5 Å². The second-order valence-corrected chi connectivity index (χ2v) is 6.94.